The highest BCUT2D eigenvalue weighted by Crippen LogP contribution is 2.29. The van der Waals surface area contributed by atoms with E-state index < -0.39 is 0 Å². The number of thiophene rings is 1. The number of hydrogen-bond acceptors (Lipinski definition) is 6. The minimum atomic E-state index is -0.250. The van der Waals surface area contributed by atoms with Gasteiger partial charge in [0.15, 0.2) is 0 Å². The summed E-state index contributed by atoms with van der Waals surface area (Å²) in [7, 11) is 0. The van der Waals surface area contributed by atoms with Gasteiger partial charge in [-0.05, 0) is 23.4 Å². The van der Waals surface area contributed by atoms with Gasteiger partial charge in [0.1, 0.15) is 17.8 Å². The first kappa shape index (κ1) is 17.9. The lowest BCUT2D eigenvalue weighted by molar-refractivity contribution is -0.122. The Morgan fingerprint density at radius 1 is 1.42 bits per heavy atom. The lowest BCUT2D eigenvalue weighted by Crippen LogP contribution is -2.29. The van der Waals surface area contributed by atoms with Crippen LogP contribution in [0.4, 0.5) is 5.82 Å². The van der Waals surface area contributed by atoms with Crippen molar-refractivity contribution in [3.8, 4) is 10.6 Å². The number of nitrogens with zero attached hydrogens (tertiary/aromatic N) is 2. The van der Waals surface area contributed by atoms with E-state index in [9.17, 15) is 5.11 Å². The van der Waals surface area contributed by atoms with Gasteiger partial charge < -0.3 is 20.5 Å². The number of hydrogen-bond donors (Lipinski definition) is 4. The van der Waals surface area contributed by atoms with Crippen LogP contribution in [0.25, 0.3) is 21.6 Å². The number of carbonyl (C=O) groups is 1. The molecule has 0 amide bonds. The Morgan fingerprint density at radius 3 is 2.75 bits per heavy atom. The highest BCUT2D eigenvalue weighted by atomic mass is 32.1. The van der Waals surface area contributed by atoms with E-state index in [1.807, 2.05) is 11.4 Å². The molecular formula is C16H20N4O3S. The van der Waals surface area contributed by atoms with Crippen molar-refractivity contribution in [3.05, 3.63) is 29.9 Å². The largest absolute Gasteiger partial charge is 0.483 e. The predicted molar refractivity (Wildman–Crippen MR) is 95.2 cm³/mol. The molecule has 4 N–H and O–H groups in total. The minimum Gasteiger partial charge on any atom is -0.483 e. The summed E-state index contributed by atoms with van der Waals surface area (Å²) in [5.41, 5.74) is 1.84. The normalized spacial score (nSPS) is 11.8. The number of aliphatic hydroxyl groups is 1. The average molecular weight is 348 g/mol. The van der Waals surface area contributed by atoms with Gasteiger partial charge in [-0.3, -0.25) is 4.79 Å². The maximum atomic E-state index is 9.47. The molecule has 0 aliphatic rings. The molecule has 1 atom stereocenters. The van der Waals surface area contributed by atoms with E-state index in [1.165, 1.54) is 11.2 Å². The molecule has 0 spiro atoms. The molecule has 0 bridgehead atoms. The van der Waals surface area contributed by atoms with Crippen LogP contribution >= 0.6 is 11.3 Å². The highest BCUT2D eigenvalue weighted by Gasteiger charge is 2.16. The first-order chi connectivity index (χ1) is 11.6. The van der Waals surface area contributed by atoms with Crippen LogP contribution in [0.2, 0.25) is 0 Å². The van der Waals surface area contributed by atoms with Gasteiger partial charge in [-0.15, -0.1) is 11.3 Å². The van der Waals surface area contributed by atoms with Crippen molar-refractivity contribution in [1.29, 1.82) is 0 Å². The van der Waals surface area contributed by atoms with E-state index in [0.29, 0.717) is 5.92 Å². The second kappa shape index (κ2) is 8.42. The monoisotopic (exact) mass is 348 g/mol. The average Bonchev–Trinajstić information content (AvgIpc) is 3.21. The van der Waals surface area contributed by atoms with Crippen LogP contribution in [0.3, 0.4) is 0 Å². The molecule has 0 saturated heterocycles. The van der Waals surface area contributed by atoms with Crippen LogP contribution in [0.15, 0.2) is 29.9 Å². The summed E-state index contributed by atoms with van der Waals surface area (Å²) >= 11 is 1.68. The number of nitrogens with one attached hydrogen (secondary N) is 2. The molecule has 8 heteroatoms. The van der Waals surface area contributed by atoms with E-state index in [4.69, 9.17) is 9.90 Å². The zero-order valence-corrected chi connectivity index (χ0v) is 14.2. The molecular weight excluding hydrogens is 328 g/mol. The van der Waals surface area contributed by atoms with E-state index in [2.05, 4.69) is 46.2 Å². The molecule has 24 heavy (non-hydrogen) atoms. The number of aromatic nitrogens is 3. The summed E-state index contributed by atoms with van der Waals surface area (Å²) in [5, 5.41) is 22.7. The number of rotatable bonds is 5. The molecule has 3 heterocycles. The maximum Gasteiger partial charge on any atom is 0.290 e. The first-order valence-electron chi connectivity index (χ1n) is 7.43. The Hall–Kier alpha value is -2.45. The molecule has 3 rings (SSSR count). The molecule has 0 aromatic carbocycles. The number of aromatic amines is 1. The van der Waals surface area contributed by atoms with Crippen molar-refractivity contribution in [2.45, 2.75) is 19.9 Å². The van der Waals surface area contributed by atoms with E-state index in [-0.39, 0.29) is 19.1 Å². The Labute approximate surface area is 143 Å². The van der Waals surface area contributed by atoms with Gasteiger partial charge in [0, 0.05) is 0 Å². The van der Waals surface area contributed by atoms with Gasteiger partial charge in [0.05, 0.1) is 28.6 Å². The smallest absolute Gasteiger partial charge is 0.290 e. The third-order valence-corrected chi connectivity index (χ3v) is 4.44. The van der Waals surface area contributed by atoms with Crippen molar-refractivity contribution in [2.24, 2.45) is 5.92 Å². The van der Waals surface area contributed by atoms with Gasteiger partial charge in [0.2, 0.25) is 0 Å². The molecule has 3 aromatic rings. The van der Waals surface area contributed by atoms with Crippen molar-refractivity contribution in [3.63, 3.8) is 0 Å². The van der Waals surface area contributed by atoms with Gasteiger partial charge in [-0.2, -0.15) is 0 Å². The second-order valence-electron chi connectivity index (χ2n) is 5.43. The zero-order valence-electron chi connectivity index (χ0n) is 13.4. The lowest BCUT2D eigenvalue weighted by atomic mass is 10.1. The van der Waals surface area contributed by atoms with E-state index >= 15 is 0 Å². The summed E-state index contributed by atoms with van der Waals surface area (Å²) in [5.74, 6) is 1.07. The fraction of sp³-hybridized carbons (Fsp3) is 0.312. The lowest BCUT2D eigenvalue weighted by Gasteiger charge is -2.20. The summed E-state index contributed by atoms with van der Waals surface area (Å²) < 4.78 is 0. The molecule has 7 nitrogen and oxygen atoms in total. The summed E-state index contributed by atoms with van der Waals surface area (Å²) in [6, 6.07) is 6.12. The summed E-state index contributed by atoms with van der Waals surface area (Å²) in [6.07, 6.45) is 1.54. The number of H-pyrrole nitrogens is 1. The van der Waals surface area contributed by atoms with Crippen LogP contribution in [-0.4, -0.2) is 44.3 Å². The van der Waals surface area contributed by atoms with Gasteiger partial charge in [0.25, 0.3) is 6.47 Å². The second-order valence-corrected chi connectivity index (χ2v) is 6.38. The van der Waals surface area contributed by atoms with Crippen molar-refractivity contribution < 1.29 is 15.0 Å². The Bertz CT molecular complexity index is 771. The topological polar surface area (TPSA) is 111 Å². The minimum absolute atomic E-state index is 0.0248. The number of fused-ring (bicyclic) bond motifs is 1. The van der Waals surface area contributed by atoms with Crippen LogP contribution in [0, 0.1) is 5.92 Å². The third-order valence-electron chi connectivity index (χ3n) is 3.54. The Morgan fingerprint density at radius 2 is 2.17 bits per heavy atom. The van der Waals surface area contributed by atoms with Crippen LogP contribution in [-0.2, 0) is 4.79 Å². The molecule has 0 aliphatic heterocycles. The van der Waals surface area contributed by atoms with Gasteiger partial charge in [-0.1, -0.05) is 19.9 Å². The fourth-order valence-electron chi connectivity index (χ4n) is 2.22. The van der Waals surface area contributed by atoms with E-state index in [0.717, 1.165) is 22.5 Å². The molecule has 128 valence electrons. The van der Waals surface area contributed by atoms with Crippen LogP contribution < -0.4 is 5.32 Å². The fourth-order valence-corrected chi connectivity index (χ4v) is 2.92. The van der Waals surface area contributed by atoms with E-state index in [1.54, 1.807) is 11.3 Å². The summed E-state index contributed by atoms with van der Waals surface area (Å²) in [4.78, 5) is 21.5. The maximum absolute atomic E-state index is 9.47. The van der Waals surface area contributed by atoms with Crippen molar-refractivity contribution >= 4 is 34.7 Å². The number of anilines is 1. The number of aliphatic hydroxyl groups excluding tert-OH is 1. The highest BCUT2D eigenvalue weighted by molar-refractivity contribution is 7.13. The van der Waals surface area contributed by atoms with Gasteiger partial charge in [-0.25, -0.2) is 9.97 Å². The molecule has 3 aromatic heterocycles. The van der Waals surface area contributed by atoms with Crippen molar-refractivity contribution in [2.75, 3.05) is 11.9 Å². The van der Waals surface area contributed by atoms with Gasteiger partial charge >= 0.3 is 0 Å². The molecule has 0 unspecified atom stereocenters. The van der Waals surface area contributed by atoms with Crippen molar-refractivity contribution in [1.82, 2.24) is 15.0 Å². The number of carboxylic acid groups (broad SMARTS) is 1. The summed E-state index contributed by atoms with van der Waals surface area (Å²) in [6.45, 7) is 3.96. The Balaban J connectivity index is 0.000000647. The third kappa shape index (κ3) is 4.09. The SMILES string of the molecule is CC(C)[C@H](CO)Nc1ncnc2[nH]c(-c3cccs3)cc12.O=CO. The molecule has 0 aliphatic carbocycles. The standard InChI is InChI=1S/C15H18N4OS.CH2O2/c1-9(2)12(7-20)19-15-10-6-11(13-4-3-5-21-13)18-14(10)16-8-17-15;2-1-3/h3-6,8-9,12,20H,7H2,1-2H3,(H2,16,17,18,19);1H,(H,2,3)/t12-;/m0./s1. The first-order valence-corrected chi connectivity index (χ1v) is 8.31. The van der Waals surface area contributed by atoms with Crippen LogP contribution in [0.1, 0.15) is 13.8 Å². The molecule has 0 saturated carbocycles. The molecule has 0 fully saturated rings. The quantitative estimate of drug-likeness (QED) is 0.528. The van der Waals surface area contributed by atoms with Crippen LogP contribution in [0.5, 0.6) is 0 Å². The molecule has 0 radical (unpaired) electrons. The predicted octanol–water partition coefficient (Wildman–Crippen LogP) is 2.82. The zero-order chi connectivity index (χ0) is 17.5. The Kier molecular flexibility index (Phi) is 6.28.